The lowest BCUT2D eigenvalue weighted by Crippen LogP contribution is -2.49. The molecule has 158 valence electrons. The summed E-state index contributed by atoms with van der Waals surface area (Å²) in [6.45, 7) is 4.03. The van der Waals surface area contributed by atoms with Crippen LogP contribution in [0.15, 0.2) is 48.7 Å². The molecule has 0 radical (unpaired) electrons. The smallest absolute Gasteiger partial charge is 0.264 e. The number of aromatic nitrogens is 3. The molecular formula is C22H19ClFN5OS. The van der Waals surface area contributed by atoms with E-state index < -0.39 is 0 Å². The van der Waals surface area contributed by atoms with Crippen molar-refractivity contribution < 1.29 is 9.18 Å². The molecule has 5 rings (SSSR count). The lowest BCUT2D eigenvalue weighted by Gasteiger charge is -2.35. The van der Waals surface area contributed by atoms with Gasteiger partial charge in [-0.05, 0) is 37.3 Å². The molecule has 31 heavy (non-hydrogen) atoms. The number of rotatable bonds is 3. The number of aryl methyl sites for hydroxylation is 1. The second-order valence-corrected chi connectivity index (χ2v) is 8.80. The van der Waals surface area contributed by atoms with E-state index >= 15 is 0 Å². The van der Waals surface area contributed by atoms with Gasteiger partial charge in [-0.25, -0.2) is 14.1 Å². The number of thiophene rings is 1. The lowest BCUT2D eigenvalue weighted by molar-refractivity contribution is 0.0751. The van der Waals surface area contributed by atoms with Crippen LogP contribution in [0.25, 0.3) is 15.9 Å². The summed E-state index contributed by atoms with van der Waals surface area (Å²) in [5, 5.41) is 6.16. The Balaban J connectivity index is 1.38. The third kappa shape index (κ3) is 3.55. The van der Waals surface area contributed by atoms with Crippen LogP contribution in [-0.4, -0.2) is 51.8 Å². The summed E-state index contributed by atoms with van der Waals surface area (Å²) in [4.78, 5) is 22.6. The van der Waals surface area contributed by atoms with E-state index in [1.54, 1.807) is 16.9 Å². The van der Waals surface area contributed by atoms with E-state index in [1.165, 1.54) is 17.4 Å². The zero-order chi connectivity index (χ0) is 21.5. The Morgan fingerprint density at radius 3 is 2.65 bits per heavy atom. The number of piperazine rings is 1. The van der Waals surface area contributed by atoms with Crippen LogP contribution in [0.4, 0.5) is 10.2 Å². The zero-order valence-corrected chi connectivity index (χ0v) is 18.3. The first-order valence-electron chi connectivity index (χ1n) is 9.92. The maximum absolute atomic E-state index is 14.0. The first kappa shape index (κ1) is 20.0. The van der Waals surface area contributed by atoms with E-state index in [9.17, 15) is 9.18 Å². The summed E-state index contributed by atoms with van der Waals surface area (Å²) in [7, 11) is 0. The summed E-state index contributed by atoms with van der Waals surface area (Å²) in [5.74, 6) is -0.0225. The number of benzene rings is 1. The lowest BCUT2D eigenvalue weighted by atomic mass is 10.2. The predicted octanol–water partition coefficient (Wildman–Crippen LogP) is 4.55. The van der Waals surface area contributed by atoms with Crippen LogP contribution >= 0.6 is 22.9 Å². The number of hydrogen-bond donors (Lipinski definition) is 0. The fourth-order valence-electron chi connectivity index (χ4n) is 3.83. The van der Waals surface area contributed by atoms with Gasteiger partial charge >= 0.3 is 0 Å². The van der Waals surface area contributed by atoms with Gasteiger partial charge in [0.25, 0.3) is 5.91 Å². The molecule has 1 aromatic carbocycles. The van der Waals surface area contributed by atoms with Crippen molar-refractivity contribution >= 4 is 44.9 Å². The van der Waals surface area contributed by atoms with Crippen LogP contribution in [0.3, 0.4) is 0 Å². The molecule has 1 fully saturated rings. The van der Waals surface area contributed by atoms with Crippen molar-refractivity contribution in [2.45, 2.75) is 6.92 Å². The Bertz CT molecular complexity index is 1280. The van der Waals surface area contributed by atoms with Crippen molar-refractivity contribution in [1.29, 1.82) is 0 Å². The number of amides is 1. The highest BCUT2D eigenvalue weighted by Crippen LogP contribution is 2.33. The van der Waals surface area contributed by atoms with Gasteiger partial charge in [0, 0.05) is 37.8 Å². The third-order valence-electron chi connectivity index (χ3n) is 5.44. The van der Waals surface area contributed by atoms with Crippen LogP contribution in [0.2, 0.25) is 5.02 Å². The Hall–Kier alpha value is -2.97. The van der Waals surface area contributed by atoms with E-state index in [1.807, 2.05) is 47.1 Å². The Morgan fingerprint density at radius 1 is 1.13 bits per heavy atom. The molecule has 1 aliphatic rings. The minimum absolute atomic E-state index is 0.0209. The van der Waals surface area contributed by atoms with Gasteiger partial charge in [-0.3, -0.25) is 4.79 Å². The van der Waals surface area contributed by atoms with Gasteiger partial charge in [-0.2, -0.15) is 5.10 Å². The third-order valence-corrected chi connectivity index (χ3v) is 6.86. The van der Waals surface area contributed by atoms with Gasteiger partial charge in [0.05, 0.1) is 21.3 Å². The molecule has 0 bridgehead atoms. The Kier molecular flexibility index (Phi) is 5.11. The minimum Gasteiger partial charge on any atom is -0.351 e. The SMILES string of the molecule is Cc1nn(-c2ccccc2Cl)c2sc(C(=O)N3CCN(c4ncccc4F)CC3)cc12. The molecule has 0 unspecified atom stereocenters. The van der Waals surface area contributed by atoms with Crippen molar-refractivity contribution in [2.24, 2.45) is 0 Å². The van der Waals surface area contributed by atoms with Crippen LogP contribution in [0.1, 0.15) is 15.4 Å². The standard InChI is InChI=1S/C22H19ClFN5OS/c1-14-15-13-19(31-22(15)29(26-14)18-7-3-2-5-16(18)23)21(30)28-11-9-27(10-12-28)20-17(24)6-4-8-25-20/h2-8,13H,9-12H2,1H3. The average molecular weight is 456 g/mol. The van der Waals surface area contributed by atoms with Crippen molar-refractivity contribution in [1.82, 2.24) is 19.7 Å². The number of para-hydroxylation sites is 1. The van der Waals surface area contributed by atoms with Gasteiger partial charge in [0.1, 0.15) is 4.83 Å². The van der Waals surface area contributed by atoms with Gasteiger partial charge in [-0.1, -0.05) is 23.7 Å². The highest BCUT2D eigenvalue weighted by atomic mass is 35.5. The number of halogens is 2. The molecule has 0 saturated carbocycles. The molecule has 1 amide bonds. The fraction of sp³-hybridized carbons (Fsp3) is 0.227. The molecule has 0 aliphatic carbocycles. The Morgan fingerprint density at radius 2 is 1.90 bits per heavy atom. The van der Waals surface area contributed by atoms with Crippen molar-refractivity contribution in [3.63, 3.8) is 0 Å². The second-order valence-electron chi connectivity index (χ2n) is 7.37. The van der Waals surface area contributed by atoms with Crippen molar-refractivity contribution in [3.8, 4) is 5.69 Å². The van der Waals surface area contributed by atoms with Crippen LogP contribution in [-0.2, 0) is 0 Å². The van der Waals surface area contributed by atoms with Crippen molar-refractivity contribution in [2.75, 3.05) is 31.1 Å². The number of fused-ring (bicyclic) bond motifs is 1. The van der Waals surface area contributed by atoms with Crippen LogP contribution in [0, 0.1) is 12.7 Å². The van der Waals surface area contributed by atoms with Crippen LogP contribution < -0.4 is 4.90 Å². The quantitative estimate of drug-likeness (QED) is 0.455. The molecule has 0 atom stereocenters. The normalized spacial score (nSPS) is 14.4. The molecule has 0 spiro atoms. The molecule has 4 aromatic rings. The average Bonchev–Trinajstić information content (AvgIpc) is 3.35. The van der Waals surface area contributed by atoms with Gasteiger partial charge in [0.15, 0.2) is 11.6 Å². The number of hydrogen-bond acceptors (Lipinski definition) is 5. The van der Waals surface area contributed by atoms with Crippen molar-refractivity contribution in [3.05, 3.63) is 70.1 Å². The minimum atomic E-state index is -0.341. The molecular weight excluding hydrogens is 437 g/mol. The molecule has 6 nitrogen and oxygen atoms in total. The van der Waals surface area contributed by atoms with E-state index in [0.29, 0.717) is 41.9 Å². The molecule has 9 heteroatoms. The van der Waals surface area contributed by atoms with E-state index in [2.05, 4.69) is 10.1 Å². The number of carbonyl (C=O) groups excluding carboxylic acids is 1. The number of carbonyl (C=O) groups is 1. The fourth-order valence-corrected chi connectivity index (χ4v) is 5.19. The summed E-state index contributed by atoms with van der Waals surface area (Å²) in [6.07, 6.45) is 1.58. The molecule has 1 aliphatic heterocycles. The Labute approximate surface area is 187 Å². The largest absolute Gasteiger partial charge is 0.351 e. The monoisotopic (exact) mass is 455 g/mol. The van der Waals surface area contributed by atoms with E-state index in [4.69, 9.17) is 11.6 Å². The van der Waals surface area contributed by atoms with E-state index in [0.717, 1.165) is 21.6 Å². The first-order chi connectivity index (χ1) is 15.0. The zero-order valence-electron chi connectivity index (χ0n) is 16.8. The second kappa shape index (κ2) is 7.94. The summed E-state index contributed by atoms with van der Waals surface area (Å²) < 4.78 is 15.8. The summed E-state index contributed by atoms with van der Waals surface area (Å²) in [6, 6.07) is 12.4. The predicted molar refractivity (Wildman–Crippen MR) is 121 cm³/mol. The van der Waals surface area contributed by atoms with Gasteiger partial charge < -0.3 is 9.80 Å². The number of pyridine rings is 1. The number of nitrogens with zero attached hydrogens (tertiary/aromatic N) is 5. The summed E-state index contributed by atoms with van der Waals surface area (Å²) in [5.41, 5.74) is 1.63. The van der Waals surface area contributed by atoms with Gasteiger partial charge in [-0.15, -0.1) is 11.3 Å². The topological polar surface area (TPSA) is 54.3 Å². The maximum Gasteiger partial charge on any atom is 0.264 e. The number of anilines is 1. The van der Waals surface area contributed by atoms with Crippen LogP contribution in [0.5, 0.6) is 0 Å². The molecule has 0 N–H and O–H groups in total. The highest BCUT2D eigenvalue weighted by molar-refractivity contribution is 7.20. The molecule has 1 saturated heterocycles. The molecule has 4 heterocycles. The first-order valence-corrected chi connectivity index (χ1v) is 11.1. The highest BCUT2D eigenvalue weighted by Gasteiger charge is 2.26. The molecule has 3 aromatic heterocycles. The summed E-state index contributed by atoms with van der Waals surface area (Å²) >= 11 is 7.78. The van der Waals surface area contributed by atoms with Gasteiger partial charge in [0.2, 0.25) is 0 Å². The van der Waals surface area contributed by atoms with E-state index in [-0.39, 0.29) is 11.7 Å². The maximum atomic E-state index is 14.0.